The number of fused-ring (bicyclic) bond motifs is 1. The van der Waals surface area contributed by atoms with Crippen LogP contribution in [0.25, 0.3) is 11.0 Å². The molecular weight excluding hydrogens is 367 g/mol. The molecule has 0 spiro atoms. The molecule has 29 heavy (non-hydrogen) atoms. The highest BCUT2D eigenvalue weighted by Crippen LogP contribution is 2.28. The van der Waals surface area contributed by atoms with Gasteiger partial charge in [-0.2, -0.15) is 0 Å². The number of rotatable bonds is 3. The van der Waals surface area contributed by atoms with Crippen molar-refractivity contribution in [1.29, 1.82) is 0 Å². The van der Waals surface area contributed by atoms with Crippen molar-refractivity contribution in [2.75, 3.05) is 31.1 Å². The Kier molecular flexibility index (Phi) is 5.17. The summed E-state index contributed by atoms with van der Waals surface area (Å²) >= 11 is 0. The van der Waals surface area contributed by atoms with Crippen molar-refractivity contribution >= 4 is 16.7 Å². The second-order valence-corrected chi connectivity index (χ2v) is 8.77. The van der Waals surface area contributed by atoms with Crippen LogP contribution < -0.4 is 10.5 Å². The molecule has 0 bridgehead atoms. The first-order valence-corrected chi connectivity index (χ1v) is 10.1. The lowest BCUT2D eigenvalue weighted by molar-refractivity contribution is 0.249. The molecular formula is C24H27FN2O2. The molecule has 0 amide bonds. The highest BCUT2D eigenvalue weighted by atomic mass is 19.1. The number of hydrogen-bond acceptors (Lipinski definition) is 4. The average molecular weight is 394 g/mol. The van der Waals surface area contributed by atoms with Crippen LogP contribution in [-0.2, 0) is 12.0 Å². The lowest BCUT2D eigenvalue weighted by atomic mass is 9.86. The van der Waals surface area contributed by atoms with Gasteiger partial charge in [0.1, 0.15) is 11.4 Å². The maximum atomic E-state index is 14.1. The number of para-hydroxylation sites is 1. The molecule has 4 rings (SSSR count). The second-order valence-electron chi connectivity index (χ2n) is 8.77. The summed E-state index contributed by atoms with van der Waals surface area (Å²) in [6.45, 7) is 10.4. The molecule has 0 saturated carbocycles. The largest absolute Gasteiger partial charge is 0.423 e. The van der Waals surface area contributed by atoms with Crippen LogP contribution in [0.3, 0.4) is 0 Å². The third-order valence-electron chi connectivity index (χ3n) is 5.65. The maximum Gasteiger partial charge on any atom is 0.336 e. The molecule has 4 nitrogen and oxygen atoms in total. The molecule has 1 fully saturated rings. The van der Waals surface area contributed by atoms with Crippen LogP contribution >= 0.6 is 0 Å². The summed E-state index contributed by atoms with van der Waals surface area (Å²) in [4.78, 5) is 16.5. The Balaban J connectivity index is 1.55. The topological polar surface area (TPSA) is 36.7 Å². The third-order valence-corrected chi connectivity index (χ3v) is 5.65. The lowest BCUT2D eigenvalue weighted by Gasteiger charge is -2.36. The molecule has 1 aliphatic rings. The summed E-state index contributed by atoms with van der Waals surface area (Å²) in [7, 11) is 0. The zero-order valence-electron chi connectivity index (χ0n) is 17.2. The number of hydrogen-bond donors (Lipinski definition) is 0. The van der Waals surface area contributed by atoms with Gasteiger partial charge in [-0.05, 0) is 40.8 Å². The first-order chi connectivity index (χ1) is 13.8. The Morgan fingerprint density at radius 3 is 2.41 bits per heavy atom. The van der Waals surface area contributed by atoms with Crippen LogP contribution in [0.5, 0.6) is 0 Å². The van der Waals surface area contributed by atoms with Crippen molar-refractivity contribution in [3.63, 3.8) is 0 Å². The first-order valence-electron chi connectivity index (χ1n) is 10.1. The van der Waals surface area contributed by atoms with E-state index in [2.05, 4.69) is 36.6 Å². The highest BCUT2D eigenvalue weighted by Gasteiger charge is 2.21. The SMILES string of the molecule is CC(C)(C)c1ccc2oc(=O)cc(CN3CCN(c4ccccc4F)CC3)c2c1. The van der Waals surface area contributed by atoms with Crippen LogP contribution in [0.4, 0.5) is 10.1 Å². The van der Waals surface area contributed by atoms with E-state index in [1.807, 2.05) is 24.3 Å². The Morgan fingerprint density at radius 1 is 1.00 bits per heavy atom. The van der Waals surface area contributed by atoms with E-state index in [1.54, 1.807) is 12.1 Å². The Hall–Kier alpha value is -2.66. The van der Waals surface area contributed by atoms with Crippen LogP contribution in [0.2, 0.25) is 0 Å². The standard InChI is InChI=1S/C24H27FN2O2/c1-24(2,3)18-8-9-22-19(15-18)17(14-23(28)29-22)16-26-10-12-27(13-11-26)21-7-5-4-6-20(21)25/h4-9,14-15H,10-13,16H2,1-3H3. The molecule has 152 valence electrons. The van der Waals surface area contributed by atoms with Crippen LogP contribution in [0, 0.1) is 5.82 Å². The van der Waals surface area contributed by atoms with Crippen molar-refractivity contribution in [3.8, 4) is 0 Å². The number of piperazine rings is 1. The molecule has 3 aromatic rings. The molecule has 1 aliphatic heterocycles. The lowest BCUT2D eigenvalue weighted by Crippen LogP contribution is -2.46. The second kappa shape index (κ2) is 7.64. The Labute approximate surface area is 170 Å². The Bertz CT molecular complexity index is 1080. The zero-order valence-corrected chi connectivity index (χ0v) is 17.2. The van der Waals surface area contributed by atoms with E-state index in [-0.39, 0.29) is 16.9 Å². The fourth-order valence-corrected chi connectivity index (χ4v) is 3.92. The predicted octanol–water partition coefficient (Wildman–Crippen LogP) is 4.55. The molecule has 2 heterocycles. The smallest absolute Gasteiger partial charge is 0.336 e. The molecule has 2 aromatic carbocycles. The molecule has 1 aromatic heterocycles. The quantitative estimate of drug-likeness (QED) is 0.611. The minimum Gasteiger partial charge on any atom is -0.423 e. The van der Waals surface area contributed by atoms with Gasteiger partial charge in [-0.25, -0.2) is 9.18 Å². The van der Waals surface area contributed by atoms with E-state index in [4.69, 9.17) is 4.42 Å². The van der Waals surface area contributed by atoms with Gasteiger partial charge in [-0.1, -0.05) is 39.0 Å². The van der Waals surface area contributed by atoms with E-state index in [1.165, 1.54) is 11.6 Å². The first kappa shape index (κ1) is 19.6. The molecule has 0 radical (unpaired) electrons. The van der Waals surface area contributed by atoms with E-state index in [9.17, 15) is 9.18 Å². The maximum absolute atomic E-state index is 14.1. The van der Waals surface area contributed by atoms with E-state index in [0.717, 1.165) is 37.1 Å². The molecule has 0 aliphatic carbocycles. The van der Waals surface area contributed by atoms with Crippen molar-refractivity contribution in [2.24, 2.45) is 0 Å². The Morgan fingerprint density at radius 2 is 1.72 bits per heavy atom. The van der Waals surface area contributed by atoms with Crippen molar-refractivity contribution < 1.29 is 8.81 Å². The van der Waals surface area contributed by atoms with E-state index >= 15 is 0 Å². The number of benzene rings is 2. The van der Waals surface area contributed by atoms with Crippen molar-refractivity contribution in [2.45, 2.75) is 32.7 Å². The summed E-state index contributed by atoms with van der Waals surface area (Å²) < 4.78 is 19.5. The monoisotopic (exact) mass is 394 g/mol. The van der Waals surface area contributed by atoms with Crippen LogP contribution in [-0.4, -0.2) is 31.1 Å². The fourth-order valence-electron chi connectivity index (χ4n) is 3.92. The van der Waals surface area contributed by atoms with Gasteiger partial charge >= 0.3 is 5.63 Å². The molecule has 5 heteroatoms. The summed E-state index contributed by atoms with van der Waals surface area (Å²) in [5, 5.41) is 0.994. The molecule has 0 unspecified atom stereocenters. The third kappa shape index (κ3) is 4.20. The summed E-state index contributed by atoms with van der Waals surface area (Å²) in [6, 6.07) is 14.6. The van der Waals surface area contributed by atoms with Gasteiger partial charge in [-0.15, -0.1) is 0 Å². The van der Waals surface area contributed by atoms with Crippen molar-refractivity contribution in [1.82, 2.24) is 4.90 Å². The minimum atomic E-state index is -0.319. The molecule has 1 saturated heterocycles. The van der Waals surface area contributed by atoms with Gasteiger partial charge in [0.25, 0.3) is 0 Å². The fraction of sp³-hybridized carbons (Fsp3) is 0.375. The number of halogens is 1. The van der Waals surface area contributed by atoms with E-state index < -0.39 is 0 Å². The van der Waals surface area contributed by atoms with Gasteiger partial charge < -0.3 is 9.32 Å². The number of anilines is 1. The number of nitrogens with zero attached hydrogens (tertiary/aromatic N) is 2. The minimum absolute atomic E-state index is 0.0208. The summed E-state index contributed by atoms with van der Waals surface area (Å²) in [6.07, 6.45) is 0. The summed E-state index contributed by atoms with van der Waals surface area (Å²) in [5.74, 6) is -0.178. The van der Waals surface area contributed by atoms with Crippen molar-refractivity contribution in [3.05, 3.63) is 75.9 Å². The summed E-state index contributed by atoms with van der Waals surface area (Å²) in [5.41, 5.74) is 3.19. The average Bonchev–Trinajstić information content (AvgIpc) is 2.68. The van der Waals surface area contributed by atoms with Gasteiger partial charge in [0.2, 0.25) is 0 Å². The predicted molar refractivity (Wildman–Crippen MR) is 115 cm³/mol. The van der Waals surface area contributed by atoms with Gasteiger partial charge in [0.05, 0.1) is 5.69 Å². The van der Waals surface area contributed by atoms with E-state index in [0.29, 0.717) is 17.8 Å². The normalized spacial score (nSPS) is 15.8. The van der Waals surface area contributed by atoms with Gasteiger partial charge in [0.15, 0.2) is 0 Å². The zero-order chi connectivity index (χ0) is 20.6. The highest BCUT2D eigenvalue weighted by molar-refractivity contribution is 5.81. The van der Waals surface area contributed by atoms with Crippen LogP contribution in [0.15, 0.2) is 57.7 Å². The molecule has 0 atom stereocenters. The van der Waals surface area contributed by atoms with Gasteiger partial charge in [-0.3, -0.25) is 4.90 Å². The van der Waals surface area contributed by atoms with Gasteiger partial charge in [0, 0.05) is 44.2 Å². The van der Waals surface area contributed by atoms with Crippen LogP contribution in [0.1, 0.15) is 31.9 Å². The molecule has 0 N–H and O–H groups in total.